The lowest BCUT2D eigenvalue weighted by molar-refractivity contribution is 0.425. The molecule has 21 heavy (non-hydrogen) atoms. The molecule has 0 radical (unpaired) electrons. The minimum atomic E-state index is -2.84. The summed E-state index contributed by atoms with van der Waals surface area (Å²) in [5.74, 6) is 0.479. The highest BCUT2D eigenvalue weighted by atomic mass is 32.2. The number of anilines is 1. The van der Waals surface area contributed by atoms with E-state index in [2.05, 4.69) is 37.9 Å². The fraction of sp³-hybridized carbons (Fsp3) is 0.786. The summed E-state index contributed by atoms with van der Waals surface area (Å²) in [6, 6.07) is 0. The van der Waals surface area contributed by atoms with Gasteiger partial charge in [0.2, 0.25) is 0 Å². The van der Waals surface area contributed by atoms with Crippen LogP contribution >= 0.6 is 11.3 Å². The number of thiazole rings is 1. The second-order valence-electron chi connectivity index (χ2n) is 6.46. The highest BCUT2D eigenvalue weighted by molar-refractivity contribution is 7.91. The zero-order valence-corrected chi connectivity index (χ0v) is 14.9. The molecule has 7 heteroatoms. The molecular formula is C14H25N3O2S2. The molecule has 1 aromatic rings. The molecule has 0 unspecified atom stereocenters. The topological polar surface area (TPSA) is 62.3 Å². The van der Waals surface area contributed by atoms with Crippen LogP contribution < -0.4 is 10.2 Å². The third kappa shape index (κ3) is 4.66. The molecule has 1 aromatic heterocycles. The molecule has 1 N–H and O–H groups in total. The molecule has 1 fully saturated rings. The van der Waals surface area contributed by atoms with Gasteiger partial charge in [0.05, 0.1) is 17.2 Å². The van der Waals surface area contributed by atoms with Gasteiger partial charge in [0.1, 0.15) is 0 Å². The van der Waals surface area contributed by atoms with E-state index in [1.54, 1.807) is 11.3 Å². The molecule has 0 aromatic carbocycles. The summed E-state index contributed by atoms with van der Waals surface area (Å²) in [5, 5.41) is 4.46. The monoisotopic (exact) mass is 331 g/mol. The Balaban J connectivity index is 2.10. The van der Waals surface area contributed by atoms with Crippen molar-refractivity contribution < 1.29 is 8.42 Å². The number of aromatic nitrogens is 1. The number of rotatable bonds is 4. The molecular weight excluding hydrogens is 306 g/mol. The van der Waals surface area contributed by atoms with Crippen molar-refractivity contribution >= 4 is 26.3 Å². The molecule has 0 atom stereocenters. The molecule has 2 heterocycles. The van der Waals surface area contributed by atoms with Crippen LogP contribution in [0, 0.1) is 0 Å². The Morgan fingerprint density at radius 3 is 2.43 bits per heavy atom. The van der Waals surface area contributed by atoms with E-state index in [1.807, 2.05) is 0 Å². The Kier molecular flexibility index (Phi) is 4.95. The van der Waals surface area contributed by atoms with Gasteiger partial charge in [-0.05, 0) is 27.2 Å². The first kappa shape index (κ1) is 16.7. The normalized spacial score (nSPS) is 19.0. The fourth-order valence-corrected chi connectivity index (χ4v) is 4.51. The van der Waals surface area contributed by atoms with Crippen molar-refractivity contribution in [1.82, 2.24) is 10.3 Å². The van der Waals surface area contributed by atoms with Gasteiger partial charge in [-0.3, -0.25) is 0 Å². The van der Waals surface area contributed by atoms with Crippen molar-refractivity contribution in [3.05, 3.63) is 10.6 Å². The number of nitrogens with zero attached hydrogens (tertiary/aromatic N) is 2. The molecule has 1 aliphatic rings. The first-order valence-electron chi connectivity index (χ1n) is 7.39. The van der Waals surface area contributed by atoms with Gasteiger partial charge < -0.3 is 10.2 Å². The van der Waals surface area contributed by atoms with Crippen LogP contribution in [0.3, 0.4) is 0 Å². The maximum Gasteiger partial charge on any atom is 0.185 e. The lowest BCUT2D eigenvalue weighted by atomic mass is 10.1. The molecule has 1 saturated heterocycles. The lowest BCUT2D eigenvalue weighted by Gasteiger charge is -2.26. The Morgan fingerprint density at radius 2 is 1.90 bits per heavy atom. The quantitative estimate of drug-likeness (QED) is 0.912. The number of hydrogen-bond acceptors (Lipinski definition) is 6. The third-order valence-corrected chi connectivity index (χ3v) is 6.26. The van der Waals surface area contributed by atoms with Gasteiger partial charge in [0.25, 0.3) is 0 Å². The van der Waals surface area contributed by atoms with E-state index in [0.29, 0.717) is 13.1 Å². The number of nitrogens with one attached hydrogen (secondary N) is 1. The minimum Gasteiger partial charge on any atom is -0.346 e. The molecule has 0 spiro atoms. The Morgan fingerprint density at radius 1 is 1.29 bits per heavy atom. The highest BCUT2D eigenvalue weighted by Crippen LogP contribution is 2.28. The number of hydrogen-bond donors (Lipinski definition) is 1. The van der Waals surface area contributed by atoms with Crippen molar-refractivity contribution in [3.63, 3.8) is 0 Å². The van der Waals surface area contributed by atoms with Crippen LogP contribution in [0.1, 0.15) is 38.3 Å². The zero-order valence-electron chi connectivity index (χ0n) is 13.3. The minimum absolute atomic E-state index is 0.0777. The van der Waals surface area contributed by atoms with Crippen molar-refractivity contribution in [2.75, 3.05) is 29.5 Å². The van der Waals surface area contributed by atoms with E-state index in [1.165, 1.54) is 4.88 Å². The molecule has 120 valence electrons. The number of aryl methyl sites for hydroxylation is 1. The standard InChI is InChI=1S/C14H25N3O2S2/c1-5-11-12(10-15-14(2,3)4)20-13(16-11)17-6-8-21(18,19)9-7-17/h15H,5-10H2,1-4H3. The van der Waals surface area contributed by atoms with Crippen LogP contribution in [-0.2, 0) is 22.8 Å². The Hall–Kier alpha value is -0.660. The van der Waals surface area contributed by atoms with Gasteiger partial charge in [-0.25, -0.2) is 13.4 Å². The summed E-state index contributed by atoms with van der Waals surface area (Å²) in [7, 11) is -2.84. The molecule has 0 amide bonds. The van der Waals surface area contributed by atoms with Gasteiger partial charge >= 0.3 is 0 Å². The van der Waals surface area contributed by atoms with Crippen LogP contribution in [-0.4, -0.2) is 43.5 Å². The summed E-state index contributed by atoms with van der Waals surface area (Å²) in [5.41, 5.74) is 1.20. The van der Waals surface area contributed by atoms with E-state index in [4.69, 9.17) is 4.98 Å². The van der Waals surface area contributed by atoms with E-state index in [9.17, 15) is 8.42 Å². The molecule has 2 rings (SSSR count). The summed E-state index contributed by atoms with van der Waals surface area (Å²) in [6.07, 6.45) is 0.907. The van der Waals surface area contributed by atoms with Crippen LogP contribution in [0.5, 0.6) is 0 Å². The zero-order chi connectivity index (χ0) is 15.7. The first-order valence-corrected chi connectivity index (χ1v) is 10.0. The van der Waals surface area contributed by atoms with Gasteiger partial charge in [-0.1, -0.05) is 6.92 Å². The average molecular weight is 332 g/mol. The summed E-state index contributed by atoms with van der Waals surface area (Å²) < 4.78 is 23.0. The first-order chi connectivity index (χ1) is 9.70. The van der Waals surface area contributed by atoms with Gasteiger partial charge in [0.15, 0.2) is 15.0 Å². The van der Waals surface area contributed by atoms with E-state index in [-0.39, 0.29) is 17.0 Å². The summed E-state index contributed by atoms with van der Waals surface area (Å²) in [4.78, 5) is 8.07. The van der Waals surface area contributed by atoms with Gasteiger partial charge in [-0.15, -0.1) is 11.3 Å². The second kappa shape index (κ2) is 6.22. The van der Waals surface area contributed by atoms with Crippen molar-refractivity contribution in [2.24, 2.45) is 0 Å². The Bertz CT molecular complexity index is 574. The highest BCUT2D eigenvalue weighted by Gasteiger charge is 2.24. The maximum absolute atomic E-state index is 11.5. The maximum atomic E-state index is 11.5. The predicted octanol–water partition coefficient (Wildman–Crippen LogP) is 1.83. The van der Waals surface area contributed by atoms with Crippen LogP contribution in [0.15, 0.2) is 0 Å². The van der Waals surface area contributed by atoms with Gasteiger partial charge in [0, 0.05) is 30.1 Å². The van der Waals surface area contributed by atoms with Gasteiger partial charge in [-0.2, -0.15) is 0 Å². The molecule has 0 aliphatic carbocycles. The van der Waals surface area contributed by atoms with E-state index < -0.39 is 9.84 Å². The number of sulfone groups is 1. The molecule has 5 nitrogen and oxygen atoms in total. The van der Waals surface area contributed by atoms with Crippen molar-refractivity contribution in [1.29, 1.82) is 0 Å². The molecule has 0 saturated carbocycles. The largest absolute Gasteiger partial charge is 0.346 e. The Labute approximate surface area is 131 Å². The summed E-state index contributed by atoms with van der Waals surface area (Å²) in [6.45, 7) is 10.5. The predicted molar refractivity (Wildman–Crippen MR) is 89.0 cm³/mol. The van der Waals surface area contributed by atoms with Crippen LogP contribution in [0.4, 0.5) is 5.13 Å². The second-order valence-corrected chi connectivity index (χ2v) is 9.83. The van der Waals surface area contributed by atoms with Crippen molar-refractivity contribution in [3.8, 4) is 0 Å². The molecule has 0 bridgehead atoms. The average Bonchev–Trinajstić information content (AvgIpc) is 2.78. The molecule has 1 aliphatic heterocycles. The van der Waals surface area contributed by atoms with E-state index >= 15 is 0 Å². The lowest BCUT2D eigenvalue weighted by Crippen LogP contribution is -2.40. The smallest absolute Gasteiger partial charge is 0.185 e. The SMILES string of the molecule is CCc1nc(N2CCS(=O)(=O)CC2)sc1CNC(C)(C)C. The van der Waals surface area contributed by atoms with Crippen LogP contribution in [0.25, 0.3) is 0 Å². The van der Waals surface area contributed by atoms with E-state index in [0.717, 1.165) is 23.8 Å². The fourth-order valence-electron chi connectivity index (χ4n) is 2.17. The van der Waals surface area contributed by atoms with Crippen LogP contribution in [0.2, 0.25) is 0 Å². The van der Waals surface area contributed by atoms with Crippen molar-refractivity contribution in [2.45, 2.75) is 46.2 Å². The summed E-state index contributed by atoms with van der Waals surface area (Å²) >= 11 is 1.69. The third-order valence-electron chi connectivity index (χ3n) is 3.50.